The van der Waals surface area contributed by atoms with E-state index >= 15 is 0 Å². The van der Waals surface area contributed by atoms with Crippen molar-refractivity contribution in [2.45, 2.75) is 18.9 Å². The van der Waals surface area contributed by atoms with Crippen LogP contribution in [-0.2, 0) is 4.79 Å². The molecule has 1 fully saturated rings. The molecule has 0 aromatic heterocycles. The minimum Gasteiger partial charge on any atom is -0.397 e. The Morgan fingerprint density at radius 1 is 1.56 bits per heavy atom. The van der Waals surface area contributed by atoms with Crippen LogP contribution in [0, 0.1) is 0 Å². The molecule has 1 atom stereocenters. The van der Waals surface area contributed by atoms with Crippen LogP contribution in [0.15, 0.2) is 18.2 Å². The Hall–Kier alpha value is -1.75. The minimum absolute atomic E-state index is 0.00172. The largest absolute Gasteiger partial charge is 0.397 e. The molecule has 0 radical (unpaired) electrons. The maximum atomic E-state index is 11.9. The first-order chi connectivity index (χ1) is 8.58. The van der Waals surface area contributed by atoms with Crippen molar-refractivity contribution in [3.63, 3.8) is 0 Å². The number of anilines is 1. The fraction of sp³-hybridized carbons (Fsp3) is 0.333. The zero-order valence-corrected chi connectivity index (χ0v) is 10.5. The molecule has 1 aliphatic heterocycles. The average molecular weight is 268 g/mol. The van der Waals surface area contributed by atoms with Gasteiger partial charge in [-0.05, 0) is 18.6 Å². The van der Waals surface area contributed by atoms with Crippen LogP contribution in [0.25, 0.3) is 0 Å². The van der Waals surface area contributed by atoms with Crippen molar-refractivity contribution in [3.8, 4) is 0 Å². The summed E-state index contributed by atoms with van der Waals surface area (Å²) in [5.41, 5.74) is 6.35. The standard InChI is InChI=1S/C12H14ClN3O2/c13-9-3-1-2-8(11(9)14)12(18)15-6-7-4-5-10(17)16-7/h1-3,7H,4-6,14H2,(H,15,18)(H,16,17). The van der Waals surface area contributed by atoms with Crippen molar-refractivity contribution >= 4 is 29.1 Å². The molecule has 1 aromatic rings. The number of nitrogens with one attached hydrogen (secondary N) is 2. The van der Waals surface area contributed by atoms with Crippen LogP contribution in [0.2, 0.25) is 5.02 Å². The average Bonchev–Trinajstić information content (AvgIpc) is 2.76. The van der Waals surface area contributed by atoms with Crippen molar-refractivity contribution in [2.24, 2.45) is 0 Å². The lowest BCUT2D eigenvalue weighted by molar-refractivity contribution is -0.119. The first-order valence-corrected chi connectivity index (χ1v) is 6.07. The van der Waals surface area contributed by atoms with Gasteiger partial charge in [0.2, 0.25) is 5.91 Å². The molecule has 1 heterocycles. The molecule has 96 valence electrons. The van der Waals surface area contributed by atoms with E-state index in [1.165, 1.54) is 0 Å². The minimum atomic E-state index is -0.281. The van der Waals surface area contributed by atoms with E-state index in [-0.39, 0.29) is 23.5 Å². The number of hydrogen-bond acceptors (Lipinski definition) is 3. The molecule has 0 spiro atoms. The van der Waals surface area contributed by atoms with Crippen LogP contribution in [0.3, 0.4) is 0 Å². The number of carbonyl (C=O) groups is 2. The zero-order chi connectivity index (χ0) is 13.1. The molecule has 18 heavy (non-hydrogen) atoms. The fourth-order valence-corrected chi connectivity index (χ4v) is 2.05. The molecule has 0 bridgehead atoms. The number of para-hydroxylation sites is 1. The monoisotopic (exact) mass is 267 g/mol. The molecule has 1 saturated heterocycles. The third-order valence-electron chi connectivity index (χ3n) is 2.89. The summed E-state index contributed by atoms with van der Waals surface area (Å²) < 4.78 is 0. The molecule has 5 nitrogen and oxygen atoms in total. The van der Waals surface area contributed by atoms with Gasteiger partial charge in [-0.2, -0.15) is 0 Å². The van der Waals surface area contributed by atoms with Crippen LogP contribution in [0.5, 0.6) is 0 Å². The fourth-order valence-electron chi connectivity index (χ4n) is 1.88. The summed E-state index contributed by atoms with van der Waals surface area (Å²) in [5, 5.41) is 5.87. The SMILES string of the molecule is Nc1c(Cl)cccc1C(=O)NCC1CCC(=O)N1. The molecule has 2 amide bonds. The summed E-state index contributed by atoms with van der Waals surface area (Å²) in [6.45, 7) is 0.399. The number of hydrogen-bond donors (Lipinski definition) is 3. The van der Waals surface area contributed by atoms with Gasteiger partial charge in [0.25, 0.3) is 5.91 Å². The Kier molecular flexibility index (Phi) is 3.72. The lowest BCUT2D eigenvalue weighted by atomic mass is 10.1. The maximum Gasteiger partial charge on any atom is 0.253 e. The summed E-state index contributed by atoms with van der Waals surface area (Å²) in [6.07, 6.45) is 1.25. The summed E-state index contributed by atoms with van der Waals surface area (Å²) in [6, 6.07) is 4.92. The maximum absolute atomic E-state index is 11.9. The number of benzene rings is 1. The first-order valence-electron chi connectivity index (χ1n) is 5.69. The molecular weight excluding hydrogens is 254 g/mol. The predicted octanol–water partition coefficient (Wildman–Crippen LogP) is 0.931. The summed E-state index contributed by atoms with van der Waals surface area (Å²) in [4.78, 5) is 22.9. The predicted molar refractivity (Wildman–Crippen MR) is 69.4 cm³/mol. The van der Waals surface area contributed by atoms with E-state index in [0.29, 0.717) is 23.6 Å². The Bertz CT molecular complexity index is 490. The highest BCUT2D eigenvalue weighted by Gasteiger charge is 2.21. The number of nitrogens with two attached hydrogens (primary N) is 1. The highest BCUT2D eigenvalue weighted by molar-refractivity contribution is 6.33. The molecule has 1 aromatic carbocycles. The van der Waals surface area contributed by atoms with Gasteiger partial charge in [0, 0.05) is 19.0 Å². The molecule has 0 saturated carbocycles. The quantitative estimate of drug-likeness (QED) is 0.713. The van der Waals surface area contributed by atoms with Gasteiger partial charge in [-0.25, -0.2) is 0 Å². The first kappa shape index (κ1) is 12.7. The highest BCUT2D eigenvalue weighted by Crippen LogP contribution is 2.22. The molecule has 4 N–H and O–H groups in total. The van der Waals surface area contributed by atoms with Crippen LogP contribution in [0.1, 0.15) is 23.2 Å². The van der Waals surface area contributed by atoms with Gasteiger partial charge < -0.3 is 16.4 Å². The summed E-state index contributed by atoms with van der Waals surface area (Å²) in [7, 11) is 0. The molecule has 0 aliphatic carbocycles. The van der Waals surface area contributed by atoms with E-state index < -0.39 is 0 Å². The zero-order valence-electron chi connectivity index (χ0n) is 9.70. The van der Waals surface area contributed by atoms with Gasteiger partial charge >= 0.3 is 0 Å². The molecule has 1 aliphatic rings. The number of amides is 2. The Morgan fingerprint density at radius 2 is 2.33 bits per heavy atom. The van der Waals surface area contributed by atoms with Crippen molar-refractivity contribution in [1.29, 1.82) is 0 Å². The van der Waals surface area contributed by atoms with Gasteiger partial charge in [-0.1, -0.05) is 17.7 Å². The van der Waals surface area contributed by atoms with Gasteiger partial charge in [0.05, 0.1) is 16.3 Å². The van der Waals surface area contributed by atoms with Crippen LogP contribution < -0.4 is 16.4 Å². The van der Waals surface area contributed by atoms with Gasteiger partial charge in [-0.15, -0.1) is 0 Å². The lowest BCUT2D eigenvalue weighted by Gasteiger charge is -2.12. The second kappa shape index (κ2) is 5.27. The molecule has 2 rings (SSSR count). The third-order valence-corrected chi connectivity index (χ3v) is 3.22. The normalized spacial score (nSPS) is 18.5. The Morgan fingerprint density at radius 3 is 3.00 bits per heavy atom. The summed E-state index contributed by atoms with van der Waals surface area (Å²) >= 11 is 5.84. The lowest BCUT2D eigenvalue weighted by Crippen LogP contribution is -2.38. The Labute approximate surface area is 110 Å². The third kappa shape index (κ3) is 2.73. The van der Waals surface area contributed by atoms with Gasteiger partial charge in [-0.3, -0.25) is 9.59 Å². The van der Waals surface area contributed by atoms with Crippen molar-refractivity contribution in [3.05, 3.63) is 28.8 Å². The van der Waals surface area contributed by atoms with Crippen LogP contribution >= 0.6 is 11.6 Å². The topological polar surface area (TPSA) is 84.2 Å². The van der Waals surface area contributed by atoms with Crippen molar-refractivity contribution < 1.29 is 9.59 Å². The summed E-state index contributed by atoms with van der Waals surface area (Å²) in [5.74, 6) is -0.257. The van der Waals surface area contributed by atoms with E-state index in [0.717, 1.165) is 6.42 Å². The number of rotatable bonds is 3. The smallest absolute Gasteiger partial charge is 0.253 e. The van der Waals surface area contributed by atoms with E-state index in [1.807, 2.05) is 0 Å². The van der Waals surface area contributed by atoms with Crippen molar-refractivity contribution in [1.82, 2.24) is 10.6 Å². The molecule has 1 unspecified atom stereocenters. The van der Waals surface area contributed by atoms with E-state index in [4.69, 9.17) is 17.3 Å². The number of carbonyl (C=O) groups excluding carboxylic acids is 2. The number of halogens is 1. The molecule has 6 heteroatoms. The highest BCUT2D eigenvalue weighted by atomic mass is 35.5. The van der Waals surface area contributed by atoms with Crippen LogP contribution in [-0.4, -0.2) is 24.4 Å². The van der Waals surface area contributed by atoms with E-state index in [9.17, 15) is 9.59 Å². The van der Waals surface area contributed by atoms with Crippen molar-refractivity contribution in [2.75, 3.05) is 12.3 Å². The van der Waals surface area contributed by atoms with Gasteiger partial charge in [0.15, 0.2) is 0 Å². The second-order valence-corrected chi connectivity index (χ2v) is 4.62. The second-order valence-electron chi connectivity index (χ2n) is 4.21. The van der Waals surface area contributed by atoms with E-state index in [1.54, 1.807) is 18.2 Å². The van der Waals surface area contributed by atoms with E-state index in [2.05, 4.69) is 10.6 Å². The molecular formula is C12H14ClN3O2. The van der Waals surface area contributed by atoms with Crippen LogP contribution in [0.4, 0.5) is 5.69 Å². The Balaban J connectivity index is 1.95. The number of nitrogen functional groups attached to an aromatic ring is 1. The van der Waals surface area contributed by atoms with Gasteiger partial charge in [0.1, 0.15) is 0 Å².